The van der Waals surface area contributed by atoms with Crippen molar-refractivity contribution in [1.29, 1.82) is 0 Å². The monoisotopic (exact) mass is 447 g/mol. The number of rotatable bonds is 2. The van der Waals surface area contributed by atoms with Crippen LogP contribution < -0.4 is 5.32 Å². The Morgan fingerprint density at radius 1 is 0.917 bits per heavy atom. The molecule has 0 spiro atoms. The highest BCUT2D eigenvalue weighted by Crippen LogP contribution is 2.36. The summed E-state index contributed by atoms with van der Waals surface area (Å²) in [6, 6.07) is 14.9. The van der Waals surface area contributed by atoms with Gasteiger partial charge in [-0.15, -0.1) is 0 Å². The van der Waals surface area contributed by atoms with Crippen LogP contribution in [0.25, 0.3) is 21.5 Å². The Bertz CT molecular complexity index is 903. The topological polar surface area (TPSA) is 32.3 Å². The van der Waals surface area contributed by atoms with Gasteiger partial charge in [0.2, 0.25) is 0 Å². The molecule has 1 saturated heterocycles. The molecular formula is C20H19Br2NO. The van der Waals surface area contributed by atoms with Crippen LogP contribution in [-0.2, 0) is 0 Å². The Morgan fingerprint density at radius 3 is 2.42 bits per heavy atom. The Hall–Kier alpha value is -0.940. The number of nitrogens with one attached hydrogen (secondary N) is 1. The third-order valence-electron chi connectivity index (χ3n) is 4.96. The van der Waals surface area contributed by atoms with E-state index in [-0.39, 0.29) is 6.04 Å². The maximum absolute atomic E-state index is 11.1. The van der Waals surface area contributed by atoms with E-state index in [0.29, 0.717) is 0 Å². The SMILES string of the molecule is O[C@@H](c1cc2cc(Br)ccc2c2cc(Br)ccc12)[C@H]1CCCCN1. The fourth-order valence-electron chi connectivity index (χ4n) is 3.74. The summed E-state index contributed by atoms with van der Waals surface area (Å²) < 4.78 is 2.11. The molecule has 0 radical (unpaired) electrons. The van der Waals surface area contributed by atoms with E-state index in [4.69, 9.17) is 0 Å². The fourth-order valence-corrected chi connectivity index (χ4v) is 4.48. The molecule has 1 fully saturated rings. The molecule has 24 heavy (non-hydrogen) atoms. The van der Waals surface area contributed by atoms with E-state index in [0.717, 1.165) is 38.2 Å². The summed E-state index contributed by atoms with van der Waals surface area (Å²) in [6.07, 6.45) is 2.91. The van der Waals surface area contributed by atoms with Gasteiger partial charge < -0.3 is 10.4 Å². The number of hydrogen-bond donors (Lipinski definition) is 2. The van der Waals surface area contributed by atoms with Gasteiger partial charge in [-0.25, -0.2) is 0 Å². The molecule has 0 amide bonds. The van der Waals surface area contributed by atoms with Crippen LogP contribution in [0, 0.1) is 0 Å². The van der Waals surface area contributed by atoms with Crippen molar-refractivity contribution in [2.45, 2.75) is 31.4 Å². The summed E-state index contributed by atoms with van der Waals surface area (Å²) in [5.41, 5.74) is 1.02. The summed E-state index contributed by atoms with van der Waals surface area (Å²) in [7, 11) is 0. The molecule has 0 aromatic heterocycles. The second-order valence-corrected chi connectivity index (χ2v) is 8.35. The van der Waals surface area contributed by atoms with Crippen LogP contribution >= 0.6 is 31.9 Å². The molecule has 1 heterocycles. The average Bonchev–Trinajstić information content (AvgIpc) is 2.60. The maximum atomic E-state index is 11.1. The molecule has 0 saturated carbocycles. The van der Waals surface area contributed by atoms with E-state index in [1.54, 1.807) is 0 Å². The van der Waals surface area contributed by atoms with E-state index in [9.17, 15) is 5.11 Å². The molecule has 1 aliphatic rings. The molecule has 3 aromatic carbocycles. The van der Waals surface area contributed by atoms with Crippen LogP contribution in [0.2, 0.25) is 0 Å². The fraction of sp³-hybridized carbons (Fsp3) is 0.300. The number of piperidine rings is 1. The highest BCUT2D eigenvalue weighted by atomic mass is 79.9. The lowest BCUT2D eigenvalue weighted by Gasteiger charge is -2.29. The van der Waals surface area contributed by atoms with Gasteiger partial charge in [0.25, 0.3) is 0 Å². The van der Waals surface area contributed by atoms with Crippen LogP contribution in [0.3, 0.4) is 0 Å². The van der Waals surface area contributed by atoms with Crippen molar-refractivity contribution in [2.75, 3.05) is 6.54 Å². The number of fused-ring (bicyclic) bond motifs is 3. The van der Waals surface area contributed by atoms with Crippen LogP contribution in [-0.4, -0.2) is 17.7 Å². The smallest absolute Gasteiger partial charge is 0.0949 e. The zero-order chi connectivity index (χ0) is 16.7. The first kappa shape index (κ1) is 16.5. The van der Waals surface area contributed by atoms with Gasteiger partial charge in [0, 0.05) is 15.0 Å². The normalized spacial score (nSPS) is 19.7. The second-order valence-electron chi connectivity index (χ2n) is 6.52. The van der Waals surface area contributed by atoms with Crippen molar-refractivity contribution >= 4 is 53.4 Å². The minimum absolute atomic E-state index is 0.134. The molecular weight excluding hydrogens is 430 g/mol. The van der Waals surface area contributed by atoms with Gasteiger partial charge in [0.1, 0.15) is 0 Å². The molecule has 124 valence electrons. The molecule has 2 atom stereocenters. The Labute approximate surface area is 158 Å². The first-order valence-corrected chi connectivity index (χ1v) is 9.95. The molecule has 3 aromatic rings. The van der Waals surface area contributed by atoms with E-state index < -0.39 is 6.10 Å². The van der Waals surface area contributed by atoms with Crippen molar-refractivity contribution in [1.82, 2.24) is 5.32 Å². The number of aliphatic hydroxyl groups is 1. The standard InChI is InChI=1S/C20H19Br2NO/c21-13-4-6-15-12(9-13)10-18(16-7-5-14(22)11-17(15)16)20(24)19-3-1-2-8-23-19/h4-7,9-11,19-20,23-24H,1-3,8H2/t19-,20+/m1/s1. The van der Waals surface area contributed by atoms with Crippen LogP contribution in [0.5, 0.6) is 0 Å². The van der Waals surface area contributed by atoms with E-state index in [1.807, 2.05) is 0 Å². The predicted molar refractivity (Wildman–Crippen MR) is 107 cm³/mol. The van der Waals surface area contributed by atoms with Gasteiger partial charge >= 0.3 is 0 Å². The summed E-state index contributed by atoms with van der Waals surface area (Å²) in [4.78, 5) is 0. The van der Waals surface area contributed by atoms with E-state index in [1.165, 1.54) is 23.6 Å². The largest absolute Gasteiger partial charge is 0.387 e. The summed E-state index contributed by atoms with van der Waals surface area (Å²) in [5.74, 6) is 0. The lowest BCUT2D eigenvalue weighted by atomic mass is 9.89. The third-order valence-corrected chi connectivity index (χ3v) is 5.94. The summed E-state index contributed by atoms with van der Waals surface area (Å²) in [6.45, 7) is 0.990. The number of aliphatic hydroxyl groups excluding tert-OH is 1. The molecule has 2 N–H and O–H groups in total. The summed E-state index contributed by atoms with van der Waals surface area (Å²) in [5, 5.41) is 19.2. The maximum Gasteiger partial charge on any atom is 0.0949 e. The first-order chi connectivity index (χ1) is 11.6. The Kier molecular flexibility index (Phi) is 4.65. The molecule has 1 aliphatic heterocycles. The lowest BCUT2D eigenvalue weighted by molar-refractivity contribution is 0.115. The van der Waals surface area contributed by atoms with Crippen LogP contribution in [0.15, 0.2) is 51.4 Å². The van der Waals surface area contributed by atoms with E-state index in [2.05, 4.69) is 79.6 Å². The van der Waals surface area contributed by atoms with E-state index >= 15 is 0 Å². The lowest BCUT2D eigenvalue weighted by Crippen LogP contribution is -2.38. The minimum Gasteiger partial charge on any atom is -0.387 e. The predicted octanol–water partition coefficient (Wildman–Crippen LogP) is 5.69. The number of hydrogen-bond acceptors (Lipinski definition) is 2. The first-order valence-electron chi connectivity index (χ1n) is 8.36. The van der Waals surface area contributed by atoms with Crippen molar-refractivity contribution in [3.63, 3.8) is 0 Å². The molecule has 0 bridgehead atoms. The van der Waals surface area contributed by atoms with Crippen LogP contribution in [0.1, 0.15) is 30.9 Å². The van der Waals surface area contributed by atoms with Gasteiger partial charge in [-0.2, -0.15) is 0 Å². The molecule has 2 nitrogen and oxygen atoms in total. The summed E-state index contributed by atoms with van der Waals surface area (Å²) >= 11 is 7.15. The number of benzene rings is 3. The van der Waals surface area contributed by atoms with Crippen LogP contribution in [0.4, 0.5) is 0 Å². The number of halogens is 2. The van der Waals surface area contributed by atoms with Gasteiger partial charge in [0.05, 0.1) is 6.10 Å². The Morgan fingerprint density at radius 2 is 1.67 bits per heavy atom. The quantitative estimate of drug-likeness (QED) is 0.493. The zero-order valence-electron chi connectivity index (χ0n) is 13.2. The van der Waals surface area contributed by atoms with Gasteiger partial charge in [-0.3, -0.25) is 0 Å². The van der Waals surface area contributed by atoms with Gasteiger partial charge in [-0.05, 0) is 76.8 Å². The zero-order valence-corrected chi connectivity index (χ0v) is 16.4. The highest BCUT2D eigenvalue weighted by Gasteiger charge is 2.24. The molecule has 4 heteroatoms. The molecule has 0 aliphatic carbocycles. The van der Waals surface area contributed by atoms with Gasteiger partial charge in [-0.1, -0.05) is 50.4 Å². The van der Waals surface area contributed by atoms with Crippen molar-refractivity contribution in [3.8, 4) is 0 Å². The van der Waals surface area contributed by atoms with Crippen molar-refractivity contribution in [2.24, 2.45) is 0 Å². The molecule has 0 unspecified atom stereocenters. The van der Waals surface area contributed by atoms with Gasteiger partial charge in [0.15, 0.2) is 0 Å². The van der Waals surface area contributed by atoms with Crippen molar-refractivity contribution in [3.05, 3.63) is 57.0 Å². The second kappa shape index (κ2) is 6.75. The van der Waals surface area contributed by atoms with Crippen molar-refractivity contribution < 1.29 is 5.11 Å². The Balaban J connectivity index is 1.95. The molecule has 4 rings (SSSR count). The highest BCUT2D eigenvalue weighted by molar-refractivity contribution is 9.10. The average molecular weight is 449 g/mol. The third kappa shape index (κ3) is 3.01. The minimum atomic E-state index is -0.489.